The van der Waals surface area contributed by atoms with E-state index in [9.17, 15) is 22.8 Å². The molecule has 3 aromatic carbocycles. The summed E-state index contributed by atoms with van der Waals surface area (Å²) in [6, 6.07) is 23.3. The lowest BCUT2D eigenvalue weighted by atomic mass is 10.1. The Morgan fingerprint density at radius 2 is 1.64 bits per heavy atom. The Morgan fingerprint density at radius 3 is 2.36 bits per heavy atom. The first-order valence-corrected chi connectivity index (χ1v) is 15.8. The molecule has 0 fully saturated rings. The summed E-state index contributed by atoms with van der Waals surface area (Å²) in [5, 5.41) is 9.24. The highest BCUT2D eigenvalue weighted by Crippen LogP contribution is 2.25. The third kappa shape index (κ3) is 9.75. The van der Waals surface area contributed by atoms with E-state index in [1.54, 1.807) is 24.3 Å². The molecule has 0 aliphatic rings. The molecule has 45 heavy (non-hydrogen) atoms. The Kier molecular flexibility index (Phi) is 11.5. The second-order valence-corrected chi connectivity index (χ2v) is 12.5. The monoisotopic (exact) mass is 669 g/mol. The van der Waals surface area contributed by atoms with Gasteiger partial charge in [0.15, 0.2) is 0 Å². The van der Waals surface area contributed by atoms with E-state index in [1.807, 2.05) is 37.3 Å². The molecule has 0 atom stereocenters. The largest absolute Gasteiger partial charge is 0.458 e. The van der Waals surface area contributed by atoms with Crippen LogP contribution in [0.2, 0.25) is 10.0 Å². The van der Waals surface area contributed by atoms with Gasteiger partial charge in [-0.25, -0.2) is 13.8 Å². The number of hydrogen-bond donors (Lipinski definition) is 3. The van der Waals surface area contributed by atoms with Crippen LogP contribution in [-0.4, -0.2) is 49.7 Å². The minimum absolute atomic E-state index is 0.0795. The van der Waals surface area contributed by atoms with E-state index >= 15 is 0 Å². The molecule has 1 aromatic heterocycles. The number of halogens is 2. The fourth-order valence-corrected chi connectivity index (χ4v) is 5.67. The molecule has 3 amide bonds. The van der Waals surface area contributed by atoms with Crippen LogP contribution in [0.3, 0.4) is 0 Å². The van der Waals surface area contributed by atoms with E-state index in [2.05, 4.69) is 21.2 Å². The summed E-state index contributed by atoms with van der Waals surface area (Å²) in [4.78, 5) is 37.1. The van der Waals surface area contributed by atoms with Crippen molar-refractivity contribution < 1.29 is 27.2 Å². The van der Waals surface area contributed by atoms with Gasteiger partial charge in [-0.05, 0) is 61.4 Å². The van der Waals surface area contributed by atoms with Crippen LogP contribution in [0.15, 0.2) is 99.3 Å². The minimum atomic E-state index is -3.97. The topological polar surface area (TPSA) is 150 Å². The smallest absolute Gasteiger partial charge is 0.313 e. The van der Waals surface area contributed by atoms with Gasteiger partial charge in [-0.1, -0.05) is 71.2 Å². The van der Waals surface area contributed by atoms with E-state index in [0.29, 0.717) is 22.9 Å². The van der Waals surface area contributed by atoms with Crippen LogP contribution in [0.5, 0.6) is 0 Å². The number of anilines is 1. The van der Waals surface area contributed by atoms with Gasteiger partial charge in [-0.2, -0.15) is 9.41 Å². The maximum atomic E-state index is 13.4. The SMILES string of the molecule is Cc1ccc(S(=O)(=O)N(CCc2ccccc2)CC(=O)N/N=C\c2ccc(CNC(=O)C(=O)Nc3ccc(Cl)c(Cl)c3)o2)cc1. The first-order valence-electron chi connectivity index (χ1n) is 13.6. The van der Waals surface area contributed by atoms with Gasteiger partial charge >= 0.3 is 11.8 Å². The second kappa shape index (κ2) is 15.5. The van der Waals surface area contributed by atoms with Gasteiger partial charge in [-0.3, -0.25) is 14.4 Å². The molecule has 14 heteroatoms. The summed E-state index contributed by atoms with van der Waals surface area (Å²) in [6.45, 7) is 1.38. The number of carbonyl (C=O) groups is 3. The number of amides is 3. The molecule has 3 N–H and O–H groups in total. The van der Waals surface area contributed by atoms with E-state index < -0.39 is 34.3 Å². The maximum Gasteiger partial charge on any atom is 0.313 e. The molecule has 0 unspecified atom stereocenters. The van der Waals surface area contributed by atoms with Crippen molar-refractivity contribution in [1.29, 1.82) is 0 Å². The summed E-state index contributed by atoms with van der Waals surface area (Å²) < 4.78 is 33.4. The van der Waals surface area contributed by atoms with Crippen LogP contribution >= 0.6 is 23.2 Å². The van der Waals surface area contributed by atoms with Crippen LogP contribution in [0.1, 0.15) is 22.6 Å². The first kappa shape index (κ1) is 33.4. The minimum Gasteiger partial charge on any atom is -0.458 e. The van der Waals surface area contributed by atoms with Crippen LogP contribution in [0.25, 0.3) is 0 Å². The summed E-state index contributed by atoms with van der Waals surface area (Å²) in [5.41, 5.74) is 4.46. The van der Waals surface area contributed by atoms with Crippen LogP contribution in [0.4, 0.5) is 5.69 Å². The molecule has 4 rings (SSSR count). The zero-order chi connectivity index (χ0) is 32.4. The number of hydrogen-bond acceptors (Lipinski definition) is 7. The predicted molar refractivity (Wildman–Crippen MR) is 171 cm³/mol. The van der Waals surface area contributed by atoms with Crippen molar-refractivity contribution in [2.75, 3.05) is 18.4 Å². The number of carbonyl (C=O) groups excluding carboxylic acids is 3. The van der Waals surface area contributed by atoms with Crippen molar-refractivity contribution in [3.63, 3.8) is 0 Å². The lowest BCUT2D eigenvalue weighted by Gasteiger charge is -2.21. The Balaban J connectivity index is 1.31. The Labute approximate surface area is 270 Å². The van der Waals surface area contributed by atoms with Gasteiger partial charge in [0.2, 0.25) is 10.0 Å². The van der Waals surface area contributed by atoms with Crippen molar-refractivity contribution in [1.82, 2.24) is 15.0 Å². The van der Waals surface area contributed by atoms with Gasteiger partial charge in [0, 0.05) is 12.2 Å². The van der Waals surface area contributed by atoms with Gasteiger partial charge < -0.3 is 15.1 Å². The number of furan rings is 1. The molecular formula is C31H29Cl2N5O6S. The van der Waals surface area contributed by atoms with Gasteiger partial charge in [0.05, 0.1) is 34.2 Å². The molecule has 234 valence electrons. The van der Waals surface area contributed by atoms with Crippen molar-refractivity contribution in [2.24, 2.45) is 5.10 Å². The van der Waals surface area contributed by atoms with E-state index in [4.69, 9.17) is 27.6 Å². The second-order valence-electron chi connectivity index (χ2n) is 9.75. The predicted octanol–water partition coefficient (Wildman–Crippen LogP) is 4.53. The molecule has 0 saturated carbocycles. The van der Waals surface area contributed by atoms with Gasteiger partial charge in [0.1, 0.15) is 11.5 Å². The van der Waals surface area contributed by atoms with Gasteiger partial charge in [0.25, 0.3) is 5.91 Å². The number of aryl methyl sites for hydroxylation is 1. The maximum absolute atomic E-state index is 13.4. The Hall–Kier alpha value is -4.49. The molecule has 0 bridgehead atoms. The molecule has 1 heterocycles. The molecule has 0 spiro atoms. The van der Waals surface area contributed by atoms with E-state index in [0.717, 1.165) is 15.4 Å². The fraction of sp³-hybridized carbons (Fsp3) is 0.161. The third-order valence-electron chi connectivity index (χ3n) is 6.34. The fourth-order valence-electron chi connectivity index (χ4n) is 3.97. The molecule has 0 aliphatic carbocycles. The molecule has 11 nitrogen and oxygen atoms in total. The number of benzene rings is 3. The lowest BCUT2D eigenvalue weighted by Crippen LogP contribution is -2.40. The zero-order valence-corrected chi connectivity index (χ0v) is 26.3. The Bertz CT molecular complexity index is 1790. The van der Waals surface area contributed by atoms with Crippen LogP contribution in [-0.2, 0) is 37.4 Å². The molecule has 0 aliphatic heterocycles. The number of rotatable bonds is 12. The normalized spacial score (nSPS) is 11.5. The summed E-state index contributed by atoms with van der Waals surface area (Å²) in [5.74, 6) is -1.91. The third-order valence-corrected chi connectivity index (χ3v) is 8.94. The first-order chi connectivity index (χ1) is 21.5. The number of nitrogens with zero attached hydrogens (tertiary/aromatic N) is 2. The summed E-state index contributed by atoms with van der Waals surface area (Å²) in [7, 11) is -3.97. The molecule has 4 aromatic rings. The quantitative estimate of drug-likeness (QED) is 0.115. The number of hydrazone groups is 1. The molecule has 0 radical (unpaired) electrons. The summed E-state index contributed by atoms with van der Waals surface area (Å²) >= 11 is 11.8. The van der Waals surface area contributed by atoms with Crippen molar-refractivity contribution >= 4 is 62.8 Å². The average Bonchev–Trinajstić information content (AvgIpc) is 3.48. The summed E-state index contributed by atoms with van der Waals surface area (Å²) in [6.07, 6.45) is 1.63. The molecular weight excluding hydrogens is 641 g/mol. The van der Waals surface area contributed by atoms with E-state index in [1.165, 1.54) is 36.5 Å². The Morgan fingerprint density at radius 1 is 0.911 bits per heavy atom. The van der Waals surface area contributed by atoms with Gasteiger partial charge in [-0.15, -0.1) is 0 Å². The van der Waals surface area contributed by atoms with Crippen molar-refractivity contribution in [3.8, 4) is 0 Å². The highest BCUT2D eigenvalue weighted by molar-refractivity contribution is 7.89. The highest BCUT2D eigenvalue weighted by atomic mass is 35.5. The molecule has 0 saturated heterocycles. The average molecular weight is 671 g/mol. The lowest BCUT2D eigenvalue weighted by molar-refractivity contribution is -0.136. The zero-order valence-electron chi connectivity index (χ0n) is 24.0. The van der Waals surface area contributed by atoms with Crippen molar-refractivity contribution in [3.05, 3.63) is 118 Å². The van der Waals surface area contributed by atoms with Crippen LogP contribution < -0.4 is 16.1 Å². The highest BCUT2D eigenvalue weighted by Gasteiger charge is 2.26. The number of sulfonamides is 1. The van der Waals surface area contributed by atoms with Crippen LogP contribution in [0, 0.1) is 6.92 Å². The van der Waals surface area contributed by atoms with E-state index in [-0.39, 0.29) is 28.8 Å². The standard InChI is InChI=1S/C31H29Cl2N5O6S/c1-21-7-12-26(13-8-21)45(42,43)38(16-15-22-5-3-2-4-6-22)20-29(39)37-35-19-25-11-10-24(44-25)18-34-30(40)31(41)36-23-9-14-27(32)28(33)17-23/h2-14,17,19H,15-16,18,20H2,1H3,(H,34,40)(H,36,41)(H,37,39)/b35-19-. The number of nitrogens with one attached hydrogen (secondary N) is 3. The van der Waals surface area contributed by atoms with Crippen molar-refractivity contribution in [2.45, 2.75) is 24.8 Å².